The number of amides is 2. The minimum Gasteiger partial charge on any atom is -0.486 e. The molecule has 0 radical (unpaired) electrons. The van der Waals surface area contributed by atoms with Crippen molar-refractivity contribution in [1.82, 2.24) is 0 Å². The van der Waals surface area contributed by atoms with E-state index in [4.69, 9.17) is 14.2 Å². The molecule has 1 fully saturated rings. The average Bonchev–Trinajstić information content (AvgIpc) is 3.30. The first-order valence-electron chi connectivity index (χ1n) is 9.74. The van der Waals surface area contributed by atoms with Crippen molar-refractivity contribution in [2.75, 3.05) is 36.6 Å². The second kappa shape index (κ2) is 8.35. The summed E-state index contributed by atoms with van der Waals surface area (Å²) < 4.78 is 16.1. The van der Waals surface area contributed by atoms with Crippen LogP contribution in [-0.2, 0) is 14.3 Å². The maximum atomic E-state index is 12.7. The molecule has 0 bridgehead atoms. The summed E-state index contributed by atoms with van der Waals surface area (Å²) in [7, 11) is 0. The molecule has 2 aliphatic rings. The molecule has 0 aliphatic carbocycles. The number of ether oxygens (including phenoxy) is 3. The lowest BCUT2D eigenvalue weighted by Crippen LogP contribution is -2.28. The van der Waals surface area contributed by atoms with Crippen LogP contribution in [0.1, 0.15) is 28.6 Å². The number of nitrogens with zero attached hydrogens (tertiary/aromatic N) is 1. The van der Waals surface area contributed by atoms with Crippen LogP contribution in [0, 0.1) is 12.8 Å². The fraction of sp³-hybridized carbons (Fsp3) is 0.381. The van der Waals surface area contributed by atoms with Crippen LogP contribution in [0.2, 0.25) is 0 Å². The molecular formula is C21H22N2O6S. The molecule has 1 unspecified atom stereocenters. The Morgan fingerprint density at radius 2 is 2.00 bits per heavy atom. The molecule has 1 saturated heterocycles. The van der Waals surface area contributed by atoms with E-state index in [0.717, 1.165) is 5.56 Å². The summed E-state index contributed by atoms with van der Waals surface area (Å²) in [4.78, 5) is 39.3. The van der Waals surface area contributed by atoms with Gasteiger partial charge in [0, 0.05) is 24.7 Å². The number of rotatable bonds is 5. The van der Waals surface area contributed by atoms with Gasteiger partial charge in [-0.3, -0.25) is 9.59 Å². The molecule has 0 spiro atoms. The van der Waals surface area contributed by atoms with Gasteiger partial charge in [0.25, 0.3) is 0 Å². The number of hydrogen-bond donors (Lipinski definition) is 1. The Morgan fingerprint density at radius 1 is 1.23 bits per heavy atom. The van der Waals surface area contributed by atoms with Crippen molar-refractivity contribution < 1.29 is 28.6 Å². The minimum atomic E-state index is -0.487. The van der Waals surface area contributed by atoms with Crippen molar-refractivity contribution in [3.63, 3.8) is 0 Å². The van der Waals surface area contributed by atoms with Gasteiger partial charge >= 0.3 is 5.97 Å². The summed E-state index contributed by atoms with van der Waals surface area (Å²) in [5.41, 5.74) is 1.42. The lowest BCUT2D eigenvalue weighted by atomic mass is 10.1. The summed E-state index contributed by atoms with van der Waals surface area (Å²) >= 11 is 1.17. The molecule has 2 aliphatic heterocycles. The van der Waals surface area contributed by atoms with Crippen molar-refractivity contribution in [1.29, 1.82) is 0 Å². The third-order valence-corrected chi connectivity index (χ3v) is 6.09. The van der Waals surface area contributed by atoms with Crippen molar-refractivity contribution in [2.24, 2.45) is 5.92 Å². The summed E-state index contributed by atoms with van der Waals surface area (Å²) in [5.74, 6) is -0.0154. The predicted molar refractivity (Wildman–Crippen MR) is 112 cm³/mol. The topological polar surface area (TPSA) is 94.2 Å². The maximum Gasteiger partial charge on any atom is 0.348 e. The monoisotopic (exact) mass is 430 g/mol. The Bertz CT molecular complexity index is 1000. The van der Waals surface area contributed by atoms with Gasteiger partial charge in [-0.15, -0.1) is 11.3 Å². The van der Waals surface area contributed by atoms with Crippen LogP contribution in [0.15, 0.2) is 24.3 Å². The molecule has 1 aromatic heterocycles. The summed E-state index contributed by atoms with van der Waals surface area (Å²) in [5, 5.41) is 3.39. The highest BCUT2D eigenvalue weighted by Crippen LogP contribution is 2.36. The van der Waals surface area contributed by atoms with Crippen molar-refractivity contribution in [3.8, 4) is 11.5 Å². The number of aryl methyl sites for hydroxylation is 1. The molecule has 158 valence electrons. The summed E-state index contributed by atoms with van der Waals surface area (Å²) in [6, 6.07) is 7.07. The quantitative estimate of drug-likeness (QED) is 0.733. The van der Waals surface area contributed by atoms with Crippen molar-refractivity contribution in [2.45, 2.75) is 20.3 Å². The van der Waals surface area contributed by atoms with Gasteiger partial charge in [0.2, 0.25) is 11.8 Å². The molecule has 1 N–H and O–H groups in total. The van der Waals surface area contributed by atoms with Gasteiger partial charge in [0.05, 0.1) is 17.5 Å². The van der Waals surface area contributed by atoms with Crippen LogP contribution in [0.4, 0.5) is 10.7 Å². The van der Waals surface area contributed by atoms with E-state index < -0.39 is 11.9 Å². The smallest absolute Gasteiger partial charge is 0.348 e. The lowest BCUT2D eigenvalue weighted by molar-refractivity contribution is -0.122. The highest BCUT2D eigenvalue weighted by Gasteiger charge is 2.36. The number of carbonyl (C=O) groups excluding carboxylic acids is 3. The van der Waals surface area contributed by atoms with E-state index >= 15 is 0 Å². The molecule has 2 aromatic rings. The number of esters is 1. The van der Waals surface area contributed by atoms with Crippen LogP contribution in [0.3, 0.4) is 0 Å². The van der Waals surface area contributed by atoms with Gasteiger partial charge in [-0.05, 0) is 37.6 Å². The average molecular weight is 430 g/mol. The van der Waals surface area contributed by atoms with Crippen LogP contribution < -0.4 is 19.7 Å². The van der Waals surface area contributed by atoms with Crippen molar-refractivity contribution >= 4 is 39.8 Å². The second-order valence-corrected chi connectivity index (χ2v) is 8.12. The minimum absolute atomic E-state index is 0.120. The van der Waals surface area contributed by atoms with Crippen LogP contribution >= 0.6 is 11.3 Å². The highest BCUT2D eigenvalue weighted by molar-refractivity contribution is 7.18. The molecule has 1 atom stereocenters. The zero-order valence-electron chi connectivity index (χ0n) is 16.7. The summed E-state index contributed by atoms with van der Waals surface area (Å²) in [6.45, 7) is 5.06. The number of thiophene rings is 1. The van der Waals surface area contributed by atoms with E-state index in [1.165, 1.54) is 11.3 Å². The normalized spacial score (nSPS) is 17.7. The second-order valence-electron chi connectivity index (χ2n) is 7.07. The van der Waals surface area contributed by atoms with Gasteiger partial charge < -0.3 is 24.4 Å². The first-order chi connectivity index (χ1) is 14.5. The van der Waals surface area contributed by atoms with E-state index in [-0.39, 0.29) is 31.4 Å². The molecule has 3 heterocycles. The number of anilines is 2. The molecule has 8 nitrogen and oxygen atoms in total. The SMILES string of the molecule is CCOC(=O)c1sc(NC(=O)C2CC(=O)N(c3ccc4c(c3)OCCO4)C2)cc1C. The third kappa shape index (κ3) is 3.97. The Kier molecular flexibility index (Phi) is 5.63. The van der Waals surface area contributed by atoms with Gasteiger partial charge in [0.15, 0.2) is 11.5 Å². The largest absolute Gasteiger partial charge is 0.486 e. The van der Waals surface area contributed by atoms with E-state index in [1.54, 1.807) is 43.0 Å². The maximum absolute atomic E-state index is 12.7. The number of carbonyl (C=O) groups is 3. The fourth-order valence-corrected chi connectivity index (χ4v) is 4.47. The first-order valence-corrected chi connectivity index (χ1v) is 10.6. The number of nitrogens with one attached hydrogen (secondary N) is 1. The molecular weight excluding hydrogens is 408 g/mol. The van der Waals surface area contributed by atoms with Crippen LogP contribution in [-0.4, -0.2) is 44.1 Å². The van der Waals surface area contributed by atoms with E-state index in [2.05, 4.69) is 5.32 Å². The Labute approximate surface area is 177 Å². The molecule has 4 rings (SSSR count). The number of benzene rings is 1. The van der Waals surface area contributed by atoms with Gasteiger partial charge in [0.1, 0.15) is 18.1 Å². The van der Waals surface area contributed by atoms with E-state index in [0.29, 0.717) is 40.3 Å². The Hall–Kier alpha value is -3.07. The van der Waals surface area contributed by atoms with Gasteiger partial charge in [-0.2, -0.15) is 0 Å². The number of fused-ring (bicyclic) bond motifs is 1. The predicted octanol–water partition coefficient (Wildman–Crippen LogP) is 3.00. The molecule has 30 heavy (non-hydrogen) atoms. The summed E-state index contributed by atoms with van der Waals surface area (Å²) in [6.07, 6.45) is 0.120. The van der Waals surface area contributed by atoms with Crippen molar-refractivity contribution in [3.05, 3.63) is 34.7 Å². The van der Waals surface area contributed by atoms with Gasteiger partial charge in [-0.25, -0.2) is 4.79 Å². The Balaban J connectivity index is 1.43. The number of hydrogen-bond acceptors (Lipinski definition) is 7. The van der Waals surface area contributed by atoms with Crippen LogP contribution in [0.25, 0.3) is 0 Å². The Morgan fingerprint density at radius 3 is 2.77 bits per heavy atom. The van der Waals surface area contributed by atoms with E-state index in [9.17, 15) is 14.4 Å². The molecule has 9 heteroatoms. The van der Waals surface area contributed by atoms with E-state index in [1.807, 2.05) is 0 Å². The standard InChI is InChI=1S/C21H22N2O6S/c1-3-27-21(26)19-12(2)8-17(30-19)22-20(25)13-9-18(24)23(11-13)14-4-5-15-16(10-14)29-7-6-28-15/h4-5,8,10,13H,3,6-7,9,11H2,1-2H3,(H,22,25). The zero-order chi connectivity index (χ0) is 21.3. The fourth-order valence-electron chi connectivity index (χ4n) is 3.50. The third-order valence-electron chi connectivity index (χ3n) is 4.96. The van der Waals surface area contributed by atoms with Crippen LogP contribution in [0.5, 0.6) is 11.5 Å². The molecule has 0 saturated carbocycles. The first kappa shape index (κ1) is 20.2. The van der Waals surface area contributed by atoms with Gasteiger partial charge in [-0.1, -0.05) is 0 Å². The molecule has 1 aromatic carbocycles. The zero-order valence-corrected chi connectivity index (χ0v) is 17.5. The molecule has 2 amide bonds. The highest BCUT2D eigenvalue weighted by atomic mass is 32.1. The lowest BCUT2D eigenvalue weighted by Gasteiger charge is -2.22.